The van der Waals surface area contributed by atoms with E-state index in [-0.39, 0.29) is 37.4 Å². The molecule has 0 aliphatic heterocycles. The molecule has 0 saturated heterocycles. The van der Waals surface area contributed by atoms with E-state index in [4.69, 9.17) is 19.3 Å². The number of aliphatic hydroxyl groups is 1. The van der Waals surface area contributed by atoms with E-state index in [0.29, 0.717) is 19.3 Å². The molecule has 0 spiro atoms. The van der Waals surface area contributed by atoms with Crippen LogP contribution in [0.25, 0.3) is 0 Å². The third kappa shape index (κ3) is 11.3. The lowest BCUT2D eigenvalue weighted by molar-refractivity contribution is -0.368. The zero-order chi connectivity index (χ0) is 31.2. The molecule has 6 nitrogen and oxygen atoms in total. The second-order valence-electron chi connectivity index (χ2n) is 9.48. The molecule has 0 aromatic heterocycles. The molecule has 0 amide bonds. The highest BCUT2D eigenvalue weighted by atomic mass is 19.4. The van der Waals surface area contributed by atoms with Crippen LogP contribution >= 0.6 is 0 Å². The van der Waals surface area contributed by atoms with Crippen molar-refractivity contribution in [2.24, 2.45) is 5.92 Å². The van der Waals surface area contributed by atoms with Crippen LogP contribution in [0, 0.1) is 5.92 Å². The van der Waals surface area contributed by atoms with Crippen molar-refractivity contribution in [2.75, 3.05) is 33.0 Å². The lowest BCUT2D eigenvalue weighted by Gasteiger charge is -2.37. The largest absolute Gasteiger partial charge is 0.462 e. The fourth-order valence-electron chi connectivity index (χ4n) is 3.26. The molecular weight excluding hydrogens is 560 g/mol. The first-order chi connectivity index (χ1) is 18.4. The van der Waals surface area contributed by atoms with Crippen LogP contribution in [0.15, 0.2) is 24.3 Å². The molecule has 0 aliphatic carbocycles. The fourth-order valence-corrected chi connectivity index (χ4v) is 3.26. The van der Waals surface area contributed by atoms with Gasteiger partial charge in [0, 0.05) is 24.3 Å². The maximum atomic E-state index is 14.5. The molecule has 40 heavy (non-hydrogen) atoms. The van der Waals surface area contributed by atoms with Crippen molar-refractivity contribution in [3.05, 3.63) is 24.3 Å². The summed E-state index contributed by atoms with van der Waals surface area (Å²) in [6.45, 7) is 7.25. The number of carbonyl (C=O) groups is 2. The Morgan fingerprint density at radius 3 is 1.80 bits per heavy atom. The predicted molar refractivity (Wildman–Crippen MR) is 130 cm³/mol. The van der Waals surface area contributed by atoms with E-state index in [1.807, 2.05) is 0 Å². The highest BCUT2D eigenvalue weighted by molar-refractivity contribution is 5.88. The van der Waals surface area contributed by atoms with Gasteiger partial charge in [-0.05, 0) is 19.8 Å². The van der Waals surface area contributed by atoms with E-state index in [2.05, 4.69) is 13.2 Å². The summed E-state index contributed by atoms with van der Waals surface area (Å²) in [5, 5.41) is 8.66. The summed E-state index contributed by atoms with van der Waals surface area (Å²) < 4.78 is 129. The minimum atomic E-state index is -6.43. The van der Waals surface area contributed by atoms with Gasteiger partial charge in [0.15, 0.2) is 0 Å². The fraction of sp³-hybridized carbons (Fsp3) is 0.769. The summed E-state index contributed by atoms with van der Waals surface area (Å²) >= 11 is 0. The Balaban J connectivity index is 5.50. The normalized spacial score (nSPS) is 13.6. The second kappa shape index (κ2) is 16.9. The van der Waals surface area contributed by atoms with Gasteiger partial charge in [-0.3, -0.25) is 0 Å². The molecule has 1 N–H and O–H groups in total. The molecule has 0 bridgehead atoms. The van der Waals surface area contributed by atoms with Gasteiger partial charge in [0.2, 0.25) is 0 Å². The van der Waals surface area contributed by atoms with E-state index in [9.17, 15) is 44.7 Å². The first-order valence-electron chi connectivity index (χ1n) is 12.7. The molecule has 0 aromatic carbocycles. The standard InChI is InChI=1S/C26H38F8O6/c1-5-6-7-8-9-11-23(27,28)25(31,32)26(33,34)24(29,30)12-10-20(16-39-21(36)18(2)3)17-40-22(37)19(4)15-38-14-13-35/h20,35H,2,4-17H2,1,3H3. The van der Waals surface area contributed by atoms with E-state index < -0.39 is 80.4 Å². The maximum absolute atomic E-state index is 14.5. The molecular formula is C26H38F8O6. The number of hydrogen-bond acceptors (Lipinski definition) is 6. The summed E-state index contributed by atoms with van der Waals surface area (Å²) in [7, 11) is 0. The molecule has 14 heteroatoms. The van der Waals surface area contributed by atoms with Crippen molar-refractivity contribution in [1.82, 2.24) is 0 Å². The van der Waals surface area contributed by atoms with Crippen LogP contribution in [-0.2, 0) is 23.8 Å². The molecule has 0 fully saturated rings. The maximum Gasteiger partial charge on any atom is 0.378 e. The molecule has 0 radical (unpaired) electrons. The average molecular weight is 599 g/mol. The number of ether oxygens (including phenoxy) is 3. The minimum absolute atomic E-state index is 0.0464. The number of carbonyl (C=O) groups excluding carboxylic acids is 2. The average Bonchev–Trinajstić information content (AvgIpc) is 2.87. The lowest BCUT2D eigenvalue weighted by atomic mass is 9.90. The number of aliphatic hydroxyl groups excluding tert-OH is 1. The van der Waals surface area contributed by atoms with Crippen LogP contribution < -0.4 is 0 Å². The van der Waals surface area contributed by atoms with Crippen molar-refractivity contribution < 1.29 is 64.0 Å². The third-order valence-electron chi connectivity index (χ3n) is 5.82. The van der Waals surface area contributed by atoms with Crippen molar-refractivity contribution in [3.63, 3.8) is 0 Å². The second-order valence-corrected chi connectivity index (χ2v) is 9.48. The number of rotatable bonds is 22. The number of alkyl halides is 8. The number of unbranched alkanes of at least 4 members (excludes halogenated alkanes) is 4. The van der Waals surface area contributed by atoms with Crippen LogP contribution in [0.2, 0.25) is 0 Å². The van der Waals surface area contributed by atoms with Gasteiger partial charge in [-0.15, -0.1) is 0 Å². The zero-order valence-corrected chi connectivity index (χ0v) is 22.7. The molecule has 0 saturated carbocycles. The highest BCUT2D eigenvalue weighted by Crippen LogP contribution is 2.55. The summed E-state index contributed by atoms with van der Waals surface area (Å²) in [5.74, 6) is -27.3. The number of hydrogen-bond donors (Lipinski definition) is 1. The Bertz CT molecular complexity index is 832. The Kier molecular flexibility index (Phi) is 16.0. The van der Waals surface area contributed by atoms with Gasteiger partial charge < -0.3 is 19.3 Å². The first-order valence-corrected chi connectivity index (χ1v) is 12.7. The summed E-state index contributed by atoms with van der Waals surface area (Å²) in [5.41, 5.74) is -0.377. The molecule has 1 unspecified atom stereocenters. The minimum Gasteiger partial charge on any atom is -0.462 e. The lowest BCUT2D eigenvalue weighted by Crippen LogP contribution is -2.62. The van der Waals surface area contributed by atoms with Gasteiger partial charge in [0.25, 0.3) is 0 Å². The van der Waals surface area contributed by atoms with Gasteiger partial charge in [-0.2, -0.15) is 35.1 Å². The molecule has 0 rings (SSSR count). The Hall–Kier alpha value is -2.22. The molecule has 0 aliphatic rings. The Morgan fingerprint density at radius 1 is 0.800 bits per heavy atom. The molecule has 1 atom stereocenters. The molecule has 0 aromatic rings. The van der Waals surface area contributed by atoms with Crippen LogP contribution in [-0.4, -0.2) is 73.8 Å². The van der Waals surface area contributed by atoms with Crippen molar-refractivity contribution in [3.8, 4) is 0 Å². The van der Waals surface area contributed by atoms with Crippen LogP contribution in [0.1, 0.15) is 65.2 Å². The molecule has 0 heterocycles. The third-order valence-corrected chi connectivity index (χ3v) is 5.82. The van der Waals surface area contributed by atoms with E-state index >= 15 is 0 Å². The topological polar surface area (TPSA) is 82.1 Å². The first kappa shape index (κ1) is 37.8. The summed E-state index contributed by atoms with van der Waals surface area (Å²) in [6, 6.07) is 0. The highest BCUT2D eigenvalue weighted by Gasteiger charge is 2.79. The zero-order valence-electron chi connectivity index (χ0n) is 22.7. The van der Waals surface area contributed by atoms with Gasteiger partial charge in [0.05, 0.1) is 38.6 Å². The van der Waals surface area contributed by atoms with E-state index in [1.54, 1.807) is 6.92 Å². The monoisotopic (exact) mass is 598 g/mol. The number of halogens is 8. The van der Waals surface area contributed by atoms with Gasteiger partial charge in [-0.1, -0.05) is 45.8 Å². The van der Waals surface area contributed by atoms with Crippen LogP contribution in [0.5, 0.6) is 0 Å². The van der Waals surface area contributed by atoms with Gasteiger partial charge in [-0.25, -0.2) is 9.59 Å². The predicted octanol–water partition coefficient (Wildman–Crippen LogP) is 6.51. The Morgan fingerprint density at radius 2 is 1.30 bits per heavy atom. The SMILES string of the molecule is C=C(C)C(=O)OCC(CCC(F)(F)C(F)(F)C(F)(F)C(F)(F)CCCCCCC)COC(=O)C(=C)COCCO. The quantitative estimate of drug-likeness (QED) is 0.0662. The summed E-state index contributed by atoms with van der Waals surface area (Å²) in [4.78, 5) is 23.7. The van der Waals surface area contributed by atoms with E-state index in [1.165, 1.54) is 6.92 Å². The molecule has 234 valence electrons. The van der Waals surface area contributed by atoms with Crippen molar-refractivity contribution in [2.45, 2.75) is 88.9 Å². The van der Waals surface area contributed by atoms with Crippen molar-refractivity contribution >= 4 is 11.9 Å². The van der Waals surface area contributed by atoms with Gasteiger partial charge in [0.1, 0.15) is 0 Å². The van der Waals surface area contributed by atoms with Crippen molar-refractivity contribution in [1.29, 1.82) is 0 Å². The smallest absolute Gasteiger partial charge is 0.378 e. The van der Waals surface area contributed by atoms with Gasteiger partial charge >= 0.3 is 35.6 Å². The number of esters is 2. The van der Waals surface area contributed by atoms with Crippen LogP contribution in [0.3, 0.4) is 0 Å². The van der Waals surface area contributed by atoms with Crippen LogP contribution in [0.4, 0.5) is 35.1 Å². The Labute approximate surface area is 228 Å². The summed E-state index contributed by atoms with van der Waals surface area (Å²) in [6.07, 6.45) is -3.59. The van der Waals surface area contributed by atoms with E-state index in [0.717, 1.165) is 0 Å².